The number of nitrogens with one attached hydrogen (secondary N) is 2. The van der Waals surface area contributed by atoms with Gasteiger partial charge in [-0.05, 0) is 29.8 Å². The Hall–Kier alpha value is -2.86. The van der Waals surface area contributed by atoms with Crippen molar-refractivity contribution in [3.8, 4) is 0 Å². The standard InChI is InChI=1S/C15H15N3O3/c16-13(10-4-2-1-3-5-10)14(19)17-11-6-8-12(9-7-11)18-15(20)21/h1-9,13,18H,16H2,(H,17,19)(H,20,21). The van der Waals surface area contributed by atoms with Gasteiger partial charge in [0.25, 0.3) is 0 Å². The molecule has 0 spiro atoms. The summed E-state index contributed by atoms with van der Waals surface area (Å²) in [5, 5.41) is 13.5. The Morgan fingerprint density at radius 1 is 0.905 bits per heavy atom. The highest BCUT2D eigenvalue weighted by Gasteiger charge is 2.15. The Balaban J connectivity index is 2.01. The number of hydrogen-bond acceptors (Lipinski definition) is 3. The van der Waals surface area contributed by atoms with Gasteiger partial charge in [-0.25, -0.2) is 4.79 Å². The molecular formula is C15H15N3O3. The molecule has 0 aliphatic heterocycles. The fourth-order valence-electron chi connectivity index (χ4n) is 1.79. The van der Waals surface area contributed by atoms with E-state index in [0.717, 1.165) is 5.56 Å². The quantitative estimate of drug-likeness (QED) is 0.692. The number of nitrogens with two attached hydrogens (primary N) is 1. The molecule has 5 N–H and O–H groups in total. The molecule has 0 heterocycles. The predicted octanol–water partition coefficient (Wildman–Crippen LogP) is 2.42. The van der Waals surface area contributed by atoms with E-state index in [1.54, 1.807) is 36.4 Å². The van der Waals surface area contributed by atoms with Gasteiger partial charge in [-0.2, -0.15) is 0 Å². The highest BCUT2D eigenvalue weighted by molar-refractivity contribution is 5.95. The van der Waals surface area contributed by atoms with Crippen molar-refractivity contribution in [2.75, 3.05) is 10.6 Å². The van der Waals surface area contributed by atoms with Gasteiger partial charge in [-0.3, -0.25) is 10.1 Å². The van der Waals surface area contributed by atoms with Gasteiger partial charge in [0.15, 0.2) is 0 Å². The van der Waals surface area contributed by atoms with E-state index >= 15 is 0 Å². The normalized spacial score (nSPS) is 11.5. The van der Waals surface area contributed by atoms with Gasteiger partial charge in [0, 0.05) is 11.4 Å². The molecule has 2 amide bonds. The number of anilines is 2. The average molecular weight is 285 g/mol. The highest BCUT2D eigenvalue weighted by Crippen LogP contribution is 2.16. The molecule has 1 unspecified atom stereocenters. The number of benzene rings is 2. The molecule has 0 fully saturated rings. The van der Waals surface area contributed by atoms with E-state index in [9.17, 15) is 9.59 Å². The van der Waals surface area contributed by atoms with Crippen LogP contribution in [0.4, 0.5) is 16.2 Å². The van der Waals surface area contributed by atoms with E-state index in [2.05, 4.69) is 10.6 Å². The van der Waals surface area contributed by atoms with Crippen LogP contribution in [0.25, 0.3) is 0 Å². The second-order valence-electron chi connectivity index (χ2n) is 4.39. The molecule has 1 atom stereocenters. The summed E-state index contributed by atoms with van der Waals surface area (Å²) in [4.78, 5) is 22.5. The Morgan fingerprint density at radius 2 is 1.43 bits per heavy atom. The number of hydrogen-bond donors (Lipinski definition) is 4. The van der Waals surface area contributed by atoms with E-state index < -0.39 is 12.1 Å². The predicted molar refractivity (Wildman–Crippen MR) is 80.1 cm³/mol. The molecule has 21 heavy (non-hydrogen) atoms. The molecule has 6 heteroatoms. The largest absolute Gasteiger partial charge is 0.465 e. The number of carbonyl (C=O) groups is 2. The lowest BCUT2D eigenvalue weighted by atomic mass is 10.1. The Kier molecular flexibility index (Phi) is 4.53. The van der Waals surface area contributed by atoms with Crippen LogP contribution in [0.15, 0.2) is 54.6 Å². The summed E-state index contributed by atoms with van der Waals surface area (Å²) in [6.07, 6.45) is -1.14. The lowest BCUT2D eigenvalue weighted by molar-refractivity contribution is -0.117. The van der Waals surface area contributed by atoms with E-state index in [-0.39, 0.29) is 5.91 Å². The minimum Gasteiger partial charge on any atom is -0.465 e. The molecule has 2 aromatic carbocycles. The smallest absolute Gasteiger partial charge is 0.409 e. The molecule has 0 bridgehead atoms. The van der Waals surface area contributed by atoms with E-state index in [1.165, 1.54) is 0 Å². The van der Waals surface area contributed by atoms with E-state index in [1.807, 2.05) is 18.2 Å². The van der Waals surface area contributed by atoms with Gasteiger partial charge >= 0.3 is 6.09 Å². The first kappa shape index (κ1) is 14.5. The van der Waals surface area contributed by atoms with Crippen molar-refractivity contribution in [3.05, 3.63) is 60.2 Å². The number of carbonyl (C=O) groups excluding carboxylic acids is 1. The van der Waals surface area contributed by atoms with Crippen LogP contribution in [0.1, 0.15) is 11.6 Å². The fraction of sp³-hybridized carbons (Fsp3) is 0.0667. The summed E-state index contributed by atoms with van der Waals surface area (Å²) in [6, 6.07) is 14.6. The highest BCUT2D eigenvalue weighted by atomic mass is 16.4. The van der Waals surface area contributed by atoms with Gasteiger partial charge in [0.2, 0.25) is 5.91 Å². The fourth-order valence-corrected chi connectivity index (χ4v) is 1.79. The minimum absolute atomic E-state index is 0.333. The summed E-state index contributed by atoms with van der Waals surface area (Å²) >= 11 is 0. The van der Waals surface area contributed by atoms with Crippen molar-refractivity contribution in [1.82, 2.24) is 0 Å². The zero-order valence-electron chi connectivity index (χ0n) is 11.1. The number of carboxylic acid groups (broad SMARTS) is 1. The maximum absolute atomic E-state index is 12.0. The minimum atomic E-state index is -1.14. The lowest BCUT2D eigenvalue weighted by Crippen LogP contribution is -2.27. The van der Waals surface area contributed by atoms with Crippen LogP contribution < -0.4 is 16.4 Å². The third-order valence-corrected chi connectivity index (χ3v) is 2.84. The Bertz CT molecular complexity index is 626. The third kappa shape index (κ3) is 4.05. The molecule has 0 aliphatic carbocycles. The van der Waals surface area contributed by atoms with Crippen molar-refractivity contribution in [1.29, 1.82) is 0 Å². The van der Waals surface area contributed by atoms with Gasteiger partial charge in [0.1, 0.15) is 6.04 Å². The maximum atomic E-state index is 12.0. The summed E-state index contributed by atoms with van der Waals surface area (Å²) in [5.74, 6) is -0.333. The molecule has 0 saturated carbocycles. The molecule has 0 saturated heterocycles. The second-order valence-corrected chi connectivity index (χ2v) is 4.39. The SMILES string of the molecule is NC(C(=O)Nc1ccc(NC(=O)O)cc1)c1ccccc1. The summed E-state index contributed by atoms with van der Waals surface area (Å²) in [7, 11) is 0. The van der Waals surface area contributed by atoms with Crippen molar-refractivity contribution < 1.29 is 14.7 Å². The first-order chi connectivity index (χ1) is 10.1. The van der Waals surface area contributed by atoms with Crippen LogP contribution in [0.3, 0.4) is 0 Å². The monoisotopic (exact) mass is 285 g/mol. The van der Waals surface area contributed by atoms with E-state index in [0.29, 0.717) is 11.4 Å². The zero-order valence-corrected chi connectivity index (χ0v) is 11.1. The maximum Gasteiger partial charge on any atom is 0.409 e. The second kappa shape index (κ2) is 6.53. The van der Waals surface area contributed by atoms with Gasteiger partial charge in [0.05, 0.1) is 0 Å². The average Bonchev–Trinajstić information content (AvgIpc) is 2.49. The molecular weight excluding hydrogens is 270 g/mol. The third-order valence-electron chi connectivity index (χ3n) is 2.84. The van der Waals surface area contributed by atoms with Crippen LogP contribution in [0.5, 0.6) is 0 Å². The van der Waals surface area contributed by atoms with E-state index in [4.69, 9.17) is 10.8 Å². The van der Waals surface area contributed by atoms with Gasteiger partial charge in [-0.1, -0.05) is 30.3 Å². The van der Waals surface area contributed by atoms with Gasteiger partial charge in [-0.15, -0.1) is 0 Å². The van der Waals surface area contributed by atoms with Crippen molar-refractivity contribution in [3.63, 3.8) is 0 Å². The zero-order chi connectivity index (χ0) is 15.2. The first-order valence-corrected chi connectivity index (χ1v) is 6.27. The Labute approximate surface area is 121 Å². The van der Waals surface area contributed by atoms with Crippen molar-refractivity contribution >= 4 is 23.4 Å². The van der Waals surface area contributed by atoms with Crippen LogP contribution in [0.2, 0.25) is 0 Å². The Morgan fingerprint density at radius 3 is 1.95 bits per heavy atom. The lowest BCUT2D eigenvalue weighted by Gasteiger charge is -2.12. The summed E-state index contributed by atoms with van der Waals surface area (Å²) in [5.41, 5.74) is 7.57. The van der Waals surface area contributed by atoms with Crippen LogP contribution >= 0.6 is 0 Å². The summed E-state index contributed by atoms with van der Waals surface area (Å²) in [6.45, 7) is 0. The van der Waals surface area contributed by atoms with Crippen LogP contribution in [0, 0.1) is 0 Å². The topological polar surface area (TPSA) is 104 Å². The molecule has 0 aliphatic rings. The van der Waals surface area contributed by atoms with Crippen molar-refractivity contribution in [2.45, 2.75) is 6.04 Å². The molecule has 108 valence electrons. The molecule has 0 radical (unpaired) electrons. The summed E-state index contributed by atoms with van der Waals surface area (Å²) < 4.78 is 0. The molecule has 2 rings (SSSR count). The molecule has 0 aromatic heterocycles. The van der Waals surface area contributed by atoms with Crippen molar-refractivity contribution in [2.24, 2.45) is 5.73 Å². The van der Waals surface area contributed by atoms with Crippen LogP contribution in [-0.4, -0.2) is 17.1 Å². The molecule has 2 aromatic rings. The number of amides is 2. The first-order valence-electron chi connectivity index (χ1n) is 6.27. The number of rotatable bonds is 4. The van der Waals surface area contributed by atoms with Crippen LogP contribution in [-0.2, 0) is 4.79 Å². The molecule has 6 nitrogen and oxygen atoms in total. The van der Waals surface area contributed by atoms with Gasteiger partial charge < -0.3 is 16.2 Å².